The van der Waals surface area contributed by atoms with Gasteiger partial charge in [-0.05, 0) is 24.6 Å². The number of nitrogens with zero attached hydrogens (tertiary/aromatic N) is 1. The molecule has 0 radical (unpaired) electrons. The fourth-order valence-electron chi connectivity index (χ4n) is 2.43. The summed E-state index contributed by atoms with van der Waals surface area (Å²) in [6, 6.07) is 9.95. The molecule has 0 saturated heterocycles. The quantitative estimate of drug-likeness (QED) is 0.849. The molecule has 1 aliphatic rings. The Morgan fingerprint density at radius 2 is 2.20 bits per heavy atom. The van der Waals surface area contributed by atoms with Crippen molar-refractivity contribution >= 4 is 23.0 Å². The molecular weight excluding hydrogens is 270 g/mol. The summed E-state index contributed by atoms with van der Waals surface area (Å²) in [5, 5.41) is 3.38. The Morgan fingerprint density at radius 3 is 3.00 bits per heavy atom. The first-order chi connectivity index (χ1) is 9.66. The molecule has 20 heavy (non-hydrogen) atoms. The van der Waals surface area contributed by atoms with Gasteiger partial charge in [-0.1, -0.05) is 30.4 Å². The van der Waals surface area contributed by atoms with Crippen LogP contribution in [0.5, 0.6) is 5.75 Å². The molecule has 0 amide bonds. The van der Waals surface area contributed by atoms with Gasteiger partial charge < -0.3 is 15.8 Å². The van der Waals surface area contributed by atoms with E-state index in [0.717, 1.165) is 22.4 Å². The normalized spacial score (nSPS) is 16.4. The Hall–Kier alpha value is -2.14. The van der Waals surface area contributed by atoms with Crippen LogP contribution in [0.1, 0.15) is 22.7 Å². The zero-order chi connectivity index (χ0) is 14.1. The molecule has 0 aliphatic carbocycles. The van der Waals surface area contributed by atoms with Crippen molar-refractivity contribution in [3.8, 4) is 5.75 Å². The molecule has 4 nitrogen and oxygen atoms in total. The maximum Gasteiger partial charge on any atom is 0.137 e. The number of benzene rings is 1. The fourth-order valence-corrected chi connectivity index (χ4v) is 2.68. The fraction of sp³-hybridized carbons (Fsp3) is 0.200. The molecule has 0 bridgehead atoms. The van der Waals surface area contributed by atoms with Gasteiger partial charge in [0, 0.05) is 11.8 Å². The predicted molar refractivity (Wildman–Crippen MR) is 83.2 cm³/mol. The molecule has 1 unspecified atom stereocenters. The molecule has 2 aromatic rings. The third-order valence-electron chi connectivity index (χ3n) is 3.42. The molecule has 1 atom stereocenters. The first kappa shape index (κ1) is 12.9. The van der Waals surface area contributed by atoms with E-state index in [-0.39, 0.29) is 6.04 Å². The van der Waals surface area contributed by atoms with Gasteiger partial charge in [0.15, 0.2) is 0 Å². The molecule has 0 spiro atoms. The maximum atomic E-state index is 5.80. The van der Waals surface area contributed by atoms with Crippen LogP contribution in [0.2, 0.25) is 0 Å². The van der Waals surface area contributed by atoms with Gasteiger partial charge in [-0.15, -0.1) is 0 Å². The number of hydrogen-bond donors (Lipinski definition) is 2. The summed E-state index contributed by atoms with van der Waals surface area (Å²) < 4.78 is 5.66. The largest absolute Gasteiger partial charge is 0.491 e. The summed E-state index contributed by atoms with van der Waals surface area (Å²) in [5.74, 6) is 1.62. The van der Waals surface area contributed by atoms with Gasteiger partial charge >= 0.3 is 0 Å². The minimum Gasteiger partial charge on any atom is -0.491 e. The van der Waals surface area contributed by atoms with E-state index in [1.165, 1.54) is 0 Å². The number of nitrogens with one attached hydrogen (secondary N) is 1. The van der Waals surface area contributed by atoms with Crippen molar-refractivity contribution in [2.24, 2.45) is 5.73 Å². The van der Waals surface area contributed by atoms with Crippen LogP contribution < -0.4 is 15.8 Å². The smallest absolute Gasteiger partial charge is 0.137 e. The zero-order valence-corrected chi connectivity index (χ0v) is 11.9. The van der Waals surface area contributed by atoms with Gasteiger partial charge in [-0.2, -0.15) is 0 Å². The van der Waals surface area contributed by atoms with Crippen molar-refractivity contribution in [3.63, 3.8) is 0 Å². The van der Waals surface area contributed by atoms with Crippen molar-refractivity contribution in [2.75, 3.05) is 11.9 Å². The molecule has 5 heteroatoms. The van der Waals surface area contributed by atoms with E-state index in [1.807, 2.05) is 31.2 Å². The Bertz CT molecular complexity index is 672. The monoisotopic (exact) mass is 285 g/mol. The summed E-state index contributed by atoms with van der Waals surface area (Å²) in [4.78, 5) is 4.72. The lowest BCUT2D eigenvalue weighted by Gasteiger charge is -2.16. The number of para-hydroxylation sites is 1. The number of nitrogens with two attached hydrogens (primary N) is 1. The minimum atomic E-state index is 0.0635. The van der Waals surface area contributed by atoms with Crippen LogP contribution >= 0.6 is 12.2 Å². The molecule has 3 N–H and O–H groups in total. The number of thiocarbonyl (C=S) groups is 1. The highest BCUT2D eigenvalue weighted by atomic mass is 32.1. The van der Waals surface area contributed by atoms with E-state index in [4.69, 9.17) is 22.7 Å². The Labute approximate surface area is 123 Å². The standard InChI is InChI=1S/C15H15N3OS/c1-9-6-7-17-15(13(9)14(16)20)18-11-8-19-12-5-3-2-4-10(11)12/h2-7,11H,8H2,1H3,(H2,16,20)(H,17,18). The average molecular weight is 285 g/mol. The van der Waals surface area contributed by atoms with E-state index >= 15 is 0 Å². The van der Waals surface area contributed by atoms with Crippen LogP contribution in [-0.4, -0.2) is 16.6 Å². The average Bonchev–Trinajstić information content (AvgIpc) is 2.82. The highest BCUT2D eigenvalue weighted by Crippen LogP contribution is 2.34. The van der Waals surface area contributed by atoms with Crippen LogP contribution in [-0.2, 0) is 0 Å². The van der Waals surface area contributed by atoms with Crippen LogP contribution in [0, 0.1) is 6.92 Å². The molecule has 102 valence electrons. The van der Waals surface area contributed by atoms with Crippen molar-refractivity contribution in [1.82, 2.24) is 4.98 Å². The summed E-state index contributed by atoms with van der Waals surface area (Å²) in [5.41, 5.74) is 8.75. The summed E-state index contributed by atoms with van der Waals surface area (Å²) in [6.45, 7) is 2.55. The third-order valence-corrected chi connectivity index (χ3v) is 3.62. The van der Waals surface area contributed by atoms with Gasteiger partial charge in [0.1, 0.15) is 23.2 Å². The number of rotatable bonds is 3. The highest BCUT2D eigenvalue weighted by Gasteiger charge is 2.25. The van der Waals surface area contributed by atoms with Crippen molar-refractivity contribution in [1.29, 1.82) is 0 Å². The zero-order valence-electron chi connectivity index (χ0n) is 11.1. The summed E-state index contributed by atoms with van der Waals surface area (Å²) in [7, 11) is 0. The number of aromatic nitrogens is 1. The topological polar surface area (TPSA) is 60.2 Å². The van der Waals surface area contributed by atoms with Gasteiger partial charge in [0.2, 0.25) is 0 Å². The van der Waals surface area contributed by atoms with Crippen LogP contribution in [0.4, 0.5) is 5.82 Å². The SMILES string of the molecule is Cc1ccnc(NC2COc3ccccc32)c1C(N)=S. The second-order valence-electron chi connectivity index (χ2n) is 4.76. The predicted octanol–water partition coefficient (Wildman–Crippen LogP) is 2.57. The molecule has 0 fully saturated rings. The van der Waals surface area contributed by atoms with E-state index in [0.29, 0.717) is 17.4 Å². The number of anilines is 1. The summed E-state index contributed by atoms with van der Waals surface area (Å²) >= 11 is 5.12. The Morgan fingerprint density at radius 1 is 1.40 bits per heavy atom. The van der Waals surface area contributed by atoms with Crippen molar-refractivity contribution in [2.45, 2.75) is 13.0 Å². The number of aryl methyl sites for hydroxylation is 1. The lowest BCUT2D eigenvalue weighted by Crippen LogP contribution is -2.19. The lowest BCUT2D eigenvalue weighted by molar-refractivity contribution is 0.339. The van der Waals surface area contributed by atoms with E-state index in [2.05, 4.69) is 16.4 Å². The van der Waals surface area contributed by atoms with Crippen LogP contribution in [0.25, 0.3) is 0 Å². The first-order valence-corrected chi connectivity index (χ1v) is 6.81. The number of hydrogen-bond acceptors (Lipinski definition) is 4. The van der Waals surface area contributed by atoms with Crippen molar-refractivity contribution < 1.29 is 4.74 Å². The Kier molecular flexibility index (Phi) is 3.28. The molecule has 1 aromatic heterocycles. The van der Waals surface area contributed by atoms with Crippen molar-refractivity contribution in [3.05, 3.63) is 53.2 Å². The molecule has 3 rings (SSSR count). The maximum absolute atomic E-state index is 5.80. The van der Waals surface area contributed by atoms with Gasteiger partial charge in [-0.25, -0.2) is 4.98 Å². The third kappa shape index (κ3) is 2.20. The van der Waals surface area contributed by atoms with Gasteiger partial charge in [0.25, 0.3) is 0 Å². The van der Waals surface area contributed by atoms with E-state index in [1.54, 1.807) is 6.20 Å². The highest BCUT2D eigenvalue weighted by molar-refractivity contribution is 7.80. The minimum absolute atomic E-state index is 0.0635. The van der Waals surface area contributed by atoms with Crippen LogP contribution in [0.15, 0.2) is 36.5 Å². The number of ether oxygens (including phenoxy) is 1. The molecular formula is C15H15N3OS. The van der Waals surface area contributed by atoms with E-state index < -0.39 is 0 Å². The van der Waals surface area contributed by atoms with Gasteiger partial charge in [0.05, 0.1) is 11.6 Å². The first-order valence-electron chi connectivity index (χ1n) is 6.40. The second kappa shape index (κ2) is 5.09. The summed E-state index contributed by atoms with van der Waals surface area (Å²) in [6.07, 6.45) is 1.75. The molecule has 1 aliphatic heterocycles. The number of fused-ring (bicyclic) bond motifs is 1. The molecule has 1 aromatic carbocycles. The van der Waals surface area contributed by atoms with Gasteiger partial charge in [-0.3, -0.25) is 0 Å². The van der Waals surface area contributed by atoms with E-state index in [9.17, 15) is 0 Å². The Balaban J connectivity index is 1.94. The van der Waals surface area contributed by atoms with Crippen LogP contribution in [0.3, 0.4) is 0 Å². The number of pyridine rings is 1. The molecule has 2 heterocycles. The second-order valence-corrected chi connectivity index (χ2v) is 5.20. The lowest BCUT2D eigenvalue weighted by atomic mass is 10.1. The molecule has 0 saturated carbocycles.